The number of hydroxylamine groups is 1. The zero-order valence-electron chi connectivity index (χ0n) is 6.50. The summed E-state index contributed by atoms with van der Waals surface area (Å²) in [6.45, 7) is 1.98. The second kappa shape index (κ2) is 4.10. The molecular weight excluding hydrogens is 160 g/mol. The Kier molecular flexibility index (Phi) is 3.07. The van der Waals surface area contributed by atoms with Crippen molar-refractivity contribution in [3.63, 3.8) is 0 Å². The molecule has 11 heavy (non-hydrogen) atoms. The first-order valence-corrected chi connectivity index (χ1v) is 4.07. The van der Waals surface area contributed by atoms with Crippen LogP contribution in [0.1, 0.15) is 10.6 Å². The number of hydrogen-bond donors (Lipinski definition) is 1. The van der Waals surface area contributed by atoms with Crippen LogP contribution in [0.3, 0.4) is 0 Å². The summed E-state index contributed by atoms with van der Waals surface area (Å²) in [6.07, 6.45) is 3.66. The molecule has 0 aliphatic heterocycles. The van der Waals surface area contributed by atoms with Gasteiger partial charge < -0.3 is 0 Å². The summed E-state index contributed by atoms with van der Waals surface area (Å²) in [7, 11) is 1.57. The van der Waals surface area contributed by atoms with E-state index in [4.69, 9.17) is 0 Å². The first-order chi connectivity index (χ1) is 5.34. The molecule has 0 unspecified atom stereocenters. The van der Waals surface area contributed by atoms with Crippen molar-refractivity contribution < 1.29 is 4.84 Å². The Morgan fingerprint density at radius 2 is 2.55 bits per heavy atom. The molecule has 0 aliphatic carbocycles. The van der Waals surface area contributed by atoms with Crippen molar-refractivity contribution in [3.05, 3.63) is 22.3 Å². The lowest BCUT2D eigenvalue weighted by molar-refractivity contribution is 0.129. The molecule has 1 N–H and O–H groups in total. The molecule has 1 heterocycles. The van der Waals surface area contributed by atoms with Gasteiger partial charge in [0.15, 0.2) is 0 Å². The highest BCUT2D eigenvalue weighted by atomic mass is 32.1. The fourth-order valence-corrected chi connectivity index (χ4v) is 1.34. The molecule has 4 heteroatoms. The van der Waals surface area contributed by atoms with E-state index in [1.54, 1.807) is 24.6 Å². The number of aryl methyl sites for hydroxylation is 1. The van der Waals surface area contributed by atoms with Crippen molar-refractivity contribution in [1.29, 1.82) is 0 Å². The summed E-state index contributed by atoms with van der Waals surface area (Å²) in [5.41, 5.74) is 5.48. The van der Waals surface area contributed by atoms with E-state index in [1.165, 1.54) is 0 Å². The molecule has 0 radical (unpaired) electrons. The largest absolute Gasteiger partial charge is 0.280 e. The summed E-state index contributed by atoms with van der Waals surface area (Å²) in [5.74, 6) is 0. The van der Waals surface area contributed by atoms with Crippen LogP contribution in [0.4, 0.5) is 0 Å². The average molecular weight is 170 g/mol. The van der Waals surface area contributed by atoms with Crippen LogP contribution in [-0.4, -0.2) is 12.1 Å². The van der Waals surface area contributed by atoms with Crippen molar-refractivity contribution in [3.8, 4) is 0 Å². The van der Waals surface area contributed by atoms with Gasteiger partial charge in [0.2, 0.25) is 0 Å². The molecule has 0 aliphatic rings. The Hall–Kier alpha value is -0.870. The molecule has 0 atom stereocenters. The highest BCUT2D eigenvalue weighted by molar-refractivity contribution is 7.10. The number of nitrogens with one attached hydrogen (secondary N) is 1. The maximum absolute atomic E-state index is 4.63. The van der Waals surface area contributed by atoms with Gasteiger partial charge in [-0.15, -0.1) is 11.3 Å². The van der Waals surface area contributed by atoms with Crippen LogP contribution in [0.25, 0.3) is 6.08 Å². The van der Waals surface area contributed by atoms with E-state index in [0.29, 0.717) is 0 Å². The maximum Gasteiger partial charge on any atom is 0.0801 e. The molecular formula is C7H10N2OS. The topological polar surface area (TPSA) is 34.1 Å². The van der Waals surface area contributed by atoms with E-state index >= 15 is 0 Å². The van der Waals surface area contributed by atoms with Crippen molar-refractivity contribution in [1.82, 2.24) is 10.5 Å². The van der Waals surface area contributed by atoms with Crippen molar-refractivity contribution >= 4 is 17.4 Å². The molecule has 0 aromatic carbocycles. The van der Waals surface area contributed by atoms with Gasteiger partial charge in [-0.3, -0.25) is 10.3 Å². The SMILES string of the molecule is CON/C=C/c1scnc1C. The Labute approximate surface area is 69.7 Å². The van der Waals surface area contributed by atoms with Crippen LogP contribution in [0.15, 0.2) is 11.7 Å². The van der Waals surface area contributed by atoms with Gasteiger partial charge in [0.05, 0.1) is 23.2 Å². The van der Waals surface area contributed by atoms with Gasteiger partial charge in [-0.25, -0.2) is 4.98 Å². The van der Waals surface area contributed by atoms with Crippen LogP contribution in [-0.2, 0) is 4.84 Å². The molecule has 1 aromatic rings. The second-order valence-electron chi connectivity index (χ2n) is 1.96. The van der Waals surface area contributed by atoms with Gasteiger partial charge in [0.25, 0.3) is 0 Å². The third-order valence-electron chi connectivity index (χ3n) is 1.20. The zero-order chi connectivity index (χ0) is 8.10. The van der Waals surface area contributed by atoms with Crippen LogP contribution < -0.4 is 5.48 Å². The Bertz CT molecular complexity index is 244. The molecule has 60 valence electrons. The normalized spacial score (nSPS) is 10.7. The number of rotatable bonds is 3. The Morgan fingerprint density at radius 1 is 1.73 bits per heavy atom. The summed E-state index contributed by atoms with van der Waals surface area (Å²) in [6, 6.07) is 0. The quantitative estimate of drug-likeness (QED) is 0.699. The van der Waals surface area contributed by atoms with Gasteiger partial charge in [-0.2, -0.15) is 0 Å². The van der Waals surface area contributed by atoms with Crippen LogP contribution in [0, 0.1) is 6.92 Å². The van der Waals surface area contributed by atoms with E-state index in [0.717, 1.165) is 10.6 Å². The molecule has 0 saturated heterocycles. The average Bonchev–Trinajstić information content (AvgIpc) is 2.37. The van der Waals surface area contributed by atoms with Crippen LogP contribution in [0.5, 0.6) is 0 Å². The summed E-state index contributed by atoms with van der Waals surface area (Å²) >= 11 is 1.61. The van der Waals surface area contributed by atoms with E-state index in [1.807, 2.05) is 18.5 Å². The standard InChI is InChI=1S/C7H10N2OS/c1-6-7(11-5-8-6)3-4-9-10-2/h3-5,9H,1-2H3/b4-3+. The second-order valence-corrected chi connectivity index (χ2v) is 2.84. The van der Waals surface area contributed by atoms with Crippen LogP contribution in [0.2, 0.25) is 0 Å². The van der Waals surface area contributed by atoms with Crippen LogP contribution >= 0.6 is 11.3 Å². The van der Waals surface area contributed by atoms with Gasteiger partial charge >= 0.3 is 0 Å². The number of nitrogens with zero attached hydrogens (tertiary/aromatic N) is 1. The summed E-state index contributed by atoms with van der Waals surface area (Å²) in [5, 5.41) is 0. The molecule has 0 amide bonds. The Morgan fingerprint density at radius 3 is 3.09 bits per heavy atom. The molecule has 3 nitrogen and oxygen atoms in total. The molecule has 0 spiro atoms. The summed E-state index contributed by atoms with van der Waals surface area (Å²) in [4.78, 5) is 9.87. The number of hydrogen-bond acceptors (Lipinski definition) is 4. The first-order valence-electron chi connectivity index (χ1n) is 3.19. The molecule has 0 saturated carbocycles. The van der Waals surface area contributed by atoms with Crippen molar-refractivity contribution in [2.75, 3.05) is 7.11 Å². The summed E-state index contributed by atoms with van der Waals surface area (Å²) < 4.78 is 0. The minimum absolute atomic E-state index is 1.05. The van der Waals surface area contributed by atoms with Gasteiger partial charge in [0.1, 0.15) is 0 Å². The van der Waals surface area contributed by atoms with Gasteiger partial charge in [-0.1, -0.05) is 0 Å². The first kappa shape index (κ1) is 8.23. The lowest BCUT2D eigenvalue weighted by Gasteiger charge is -1.91. The number of thiazole rings is 1. The highest BCUT2D eigenvalue weighted by Crippen LogP contribution is 2.12. The van der Waals surface area contributed by atoms with Crippen molar-refractivity contribution in [2.24, 2.45) is 0 Å². The zero-order valence-corrected chi connectivity index (χ0v) is 7.31. The van der Waals surface area contributed by atoms with E-state index in [-0.39, 0.29) is 0 Å². The monoisotopic (exact) mass is 170 g/mol. The predicted octanol–water partition coefficient (Wildman–Crippen LogP) is 1.57. The fourth-order valence-electron chi connectivity index (χ4n) is 0.649. The Balaban J connectivity index is 2.56. The predicted molar refractivity (Wildman–Crippen MR) is 46.0 cm³/mol. The molecule has 0 bridgehead atoms. The number of aromatic nitrogens is 1. The third kappa shape index (κ3) is 2.32. The minimum Gasteiger partial charge on any atom is -0.280 e. The highest BCUT2D eigenvalue weighted by Gasteiger charge is 1.93. The van der Waals surface area contributed by atoms with E-state index < -0.39 is 0 Å². The van der Waals surface area contributed by atoms with E-state index in [9.17, 15) is 0 Å². The van der Waals surface area contributed by atoms with Crippen molar-refractivity contribution in [2.45, 2.75) is 6.92 Å². The van der Waals surface area contributed by atoms with Gasteiger partial charge in [0, 0.05) is 6.20 Å². The molecule has 1 rings (SSSR count). The van der Waals surface area contributed by atoms with E-state index in [2.05, 4.69) is 15.3 Å². The fraction of sp³-hybridized carbons (Fsp3) is 0.286. The maximum atomic E-state index is 4.63. The third-order valence-corrected chi connectivity index (χ3v) is 2.10. The smallest absolute Gasteiger partial charge is 0.0801 e. The lowest BCUT2D eigenvalue weighted by atomic mass is 10.4. The van der Waals surface area contributed by atoms with Gasteiger partial charge in [-0.05, 0) is 13.0 Å². The minimum atomic E-state index is 1.05. The molecule has 0 fully saturated rings. The molecule has 1 aromatic heterocycles. The lowest BCUT2D eigenvalue weighted by Crippen LogP contribution is -1.99.